The number of benzene rings is 1. The molecule has 1 aromatic carbocycles. The highest BCUT2D eigenvalue weighted by Gasteiger charge is 2.22. The Labute approximate surface area is 164 Å². The first kappa shape index (κ1) is 18.5. The molecule has 0 bridgehead atoms. The molecule has 0 radical (unpaired) electrons. The van der Waals surface area contributed by atoms with Gasteiger partial charge in [0.15, 0.2) is 0 Å². The van der Waals surface area contributed by atoms with Crippen molar-refractivity contribution in [3.63, 3.8) is 0 Å². The number of carbonyl (C=O) groups is 1. The topological polar surface area (TPSA) is 75.0 Å². The number of rotatable bonds is 6. The van der Waals surface area contributed by atoms with Crippen LogP contribution in [0.4, 0.5) is 0 Å². The summed E-state index contributed by atoms with van der Waals surface area (Å²) in [5.41, 5.74) is 5.51. The van der Waals surface area contributed by atoms with Crippen LogP contribution in [-0.2, 0) is 25.8 Å². The van der Waals surface area contributed by atoms with Crippen LogP contribution >= 0.6 is 0 Å². The van der Waals surface area contributed by atoms with E-state index in [1.54, 1.807) is 18.0 Å². The van der Waals surface area contributed by atoms with Gasteiger partial charge in [-0.3, -0.25) is 9.89 Å². The van der Waals surface area contributed by atoms with E-state index in [1.165, 1.54) is 29.7 Å². The first-order valence-electron chi connectivity index (χ1n) is 9.93. The molecule has 0 spiro atoms. The summed E-state index contributed by atoms with van der Waals surface area (Å²) < 4.78 is 5.35. The fourth-order valence-corrected chi connectivity index (χ4v) is 3.89. The number of aromatic amines is 1. The van der Waals surface area contributed by atoms with Crippen molar-refractivity contribution in [2.45, 2.75) is 51.5 Å². The molecule has 28 heavy (non-hydrogen) atoms. The summed E-state index contributed by atoms with van der Waals surface area (Å²) in [6, 6.07) is 12.1. The minimum Gasteiger partial charge on any atom is -0.351 e. The second-order valence-electron chi connectivity index (χ2n) is 7.69. The van der Waals surface area contributed by atoms with E-state index in [0.717, 1.165) is 30.7 Å². The Morgan fingerprint density at radius 1 is 1.25 bits per heavy atom. The van der Waals surface area contributed by atoms with Gasteiger partial charge in [-0.15, -0.1) is 0 Å². The molecule has 6 heteroatoms. The number of amides is 1. The molecule has 1 amide bonds. The zero-order valence-electron chi connectivity index (χ0n) is 16.4. The summed E-state index contributed by atoms with van der Waals surface area (Å²) in [4.78, 5) is 14.4. The Bertz CT molecular complexity index is 945. The smallest absolute Gasteiger partial charge is 0.292 e. The molecular weight excluding hydrogens is 352 g/mol. The van der Waals surface area contributed by atoms with E-state index >= 15 is 0 Å². The lowest BCUT2D eigenvalue weighted by molar-refractivity contribution is 0.0741. The largest absolute Gasteiger partial charge is 0.351 e. The van der Waals surface area contributed by atoms with Gasteiger partial charge in [0.05, 0.1) is 17.9 Å². The van der Waals surface area contributed by atoms with Crippen molar-refractivity contribution in [1.29, 1.82) is 0 Å². The summed E-state index contributed by atoms with van der Waals surface area (Å²) in [7, 11) is 1.78. The van der Waals surface area contributed by atoms with Gasteiger partial charge in [0.25, 0.3) is 5.91 Å². The van der Waals surface area contributed by atoms with Gasteiger partial charge < -0.3 is 9.42 Å². The van der Waals surface area contributed by atoms with Gasteiger partial charge in [0.2, 0.25) is 5.76 Å². The molecule has 6 nitrogen and oxygen atoms in total. The number of nitrogens with zero attached hydrogens (tertiary/aromatic N) is 3. The van der Waals surface area contributed by atoms with Crippen LogP contribution in [0.2, 0.25) is 0 Å². The maximum atomic E-state index is 12.8. The molecule has 1 aliphatic carbocycles. The second kappa shape index (κ2) is 8.00. The van der Waals surface area contributed by atoms with Crippen molar-refractivity contribution in [1.82, 2.24) is 20.3 Å². The highest BCUT2D eigenvalue weighted by Crippen LogP contribution is 2.24. The van der Waals surface area contributed by atoms with Gasteiger partial charge in [-0.1, -0.05) is 42.4 Å². The van der Waals surface area contributed by atoms with Crippen molar-refractivity contribution >= 4 is 5.91 Å². The van der Waals surface area contributed by atoms with Crippen LogP contribution < -0.4 is 0 Å². The van der Waals surface area contributed by atoms with E-state index in [9.17, 15) is 4.79 Å². The van der Waals surface area contributed by atoms with Gasteiger partial charge in [0, 0.05) is 18.8 Å². The van der Waals surface area contributed by atoms with Crippen molar-refractivity contribution in [3.05, 3.63) is 70.4 Å². The normalized spacial score (nSPS) is 14.5. The molecule has 1 aliphatic rings. The van der Waals surface area contributed by atoms with Crippen LogP contribution in [0.3, 0.4) is 0 Å². The second-order valence-corrected chi connectivity index (χ2v) is 7.69. The van der Waals surface area contributed by atoms with E-state index in [2.05, 4.69) is 34.4 Å². The van der Waals surface area contributed by atoms with Crippen molar-refractivity contribution in [2.24, 2.45) is 0 Å². The number of fused-ring (bicyclic) bond motifs is 1. The predicted octanol–water partition coefficient (Wildman–Crippen LogP) is 3.89. The fourth-order valence-electron chi connectivity index (χ4n) is 3.89. The number of hydrogen-bond donors (Lipinski definition) is 1. The van der Waals surface area contributed by atoms with Gasteiger partial charge in [0.1, 0.15) is 0 Å². The van der Waals surface area contributed by atoms with Crippen LogP contribution in [-0.4, -0.2) is 33.2 Å². The molecule has 1 atom stereocenters. The minimum absolute atomic E-state index is 0.168. The molecule has 1 unspecified atom stereocenters. The van der Waals surface area contributed by atoms with E-state index in [-0.39, 0.29) is 11.7 Å². The molecule has 4 rings (SSSR count). The third-order valence-electron chi connectivity index (χ3n) is 5.53. The molecule has 0 saturated carbocycles. The highest BCUT2D eigenvalue weighted by molar-refractivity contribution is 5.91. The fraction of sp³-hybridized carbons (Fsp3) is 0.409. The quantitative estimate of drug-likeness (QED) is 0.706. The molecule has 0 aliphatic heterocycles. The lowest BCUT2D eigenvalue weighted by Gasteiger charge is -2.16. The Balaban J connectivity index is 1.40. The monoisotopic (exact) mass is 378 g/mol. The third kappa shape index (κ3) is 3.86. The first-order chi connectivity index (χ1) is 13.6. The lowest BCUT2D eigenvalue weighted by atomic mass is 9.96. The van der Waals surface area contributed by atoms with Crippen LogP contribution in [0.5, 0.6) is 0 Å². The maximum absolute atomic E-state index is 12.8. The average Bonchev–Trinajstić information content (AvgIpc) is 3.35. The number of nitrogens with one attached hydrogen (secondary N) is 1. The van der Waals surface area contributed by atoms with Crippen LogP contribution in [0.15, 0.2) is 40.9 Å². The molecule has 146 valence electrons. The number of aryl methyl sites for hydroxylation is 1. The predicted molar refractivity (Wildman–Crippen MR) is 106 cm³/mol. The van der Waals surface area contributed by atoms with Crippen molar-refractivity contribution < 1.29 is 9.32 Å². The van der Waals surface area contributed by atoms with E-state index in [4.69, 9.17) is 4.52 Å². The van der Waals surface area contributed by atoms with E-state index < -0.39 is 0 Å². The Kier molecular flexibility index (Phi) is 5.28. The standard InChI is InChI=1S/C22H26N4O2/c1-15(16-8-4-3-5-9-16)12-17-13-21(28-25-17)22(27)26(2)14-20-18-10-6-7-11-19(18)23-24-20/h3-5,8-9,13,15H,6-7,10-12,14H2,1-2H3,(H,23,24). The Morgan fingerprint density at radius 3 is 2.86 bits per heavy atom. The SMILES string of the molecule is CC(Cc1cc(C(=O)N(C)Cc2n[nH]c3c2CCCC3)on1)c1ccccc1. The molecule has 3 aromatic rings. The molecule has 2 heterocycles. The minimum atomic E-state index is -0.168. The van der Waals surface area contributed by atoms with Gasteiger partial charge in [-0.25, -0.2) is 0 Å². The highest BCUT2D eigenvalue weighted by atomic mass is 16.5. The number of aromatic nitrogens is 3. The number of carbonyl (C=O) groups excluding carboxylic acids is 1. The van der Waals surface area contributed by atoms with Gasteiger partial charge >= 0.3 is 0 Å². The lowest BCUT2D eigenvalue weighted by Crippen LogP contribution is -2.26. The average molecular weight is 378 g/mol. The van der Waals surface area contributed by atoms with Gasteiger partial charge in [-0.05, 0) is 49.1 Å². The Morgan fingerprint density at radius 2 is 2.04 bits per heavy atom. The molecule has 2 aromatic heterocycles. The maximum Gasteiger partial charge on any atom is 0.292 e. The molecule has 0 fully saturated rings. The van der Waals surface area contributed by atoms with E-state index in [1.807, 2.05) is 18.2 Å². The third-order valence-corrected chi connectivity index (χ3v) is 5.53. The summed E-state index contributed by atoms with van der Waals surface area (Å²) in [6.07, 6.45) is 5.20. The zero-order chi connectivity index (χ0) is 19.5. The van der Waals surface area contributed by atoms with Crippen molar-refractivity contribution in [2.75, 3.05) is 7.05 Å². The van der Waals surface area contributed by atoms with Crippen LogP contribution in [0.25, 0.3) is 0 Å². The van der Waals surface area contributed by atoms with Crippen LogP contribution in [0.1, 0.15) is 64.4 Å². The summed E-state index contributed by atoms with van der Waals surface area (Å²) in [5.74, 6) is 0.420. The molecule has 0 saturated heterocycles. The first-order valence-corrected chi connectivity index (χ1v) is 9.93. The number of H-pyrrole nitrogens is 1. The Hall–Kier alpha value is -2.89. The summed E-state index contributed by atoms with van der Waals surface area (Å²) >= 11 is 0. The van der Waals surface area contributed by atoms with Crippen molar-refractivity contribution in [3.8, 4) is 0 Å². The molecule has 1 N–H and O–H groups in total. The number of hydrogen-bond acceptors (Lipinski definition) is 4. The summed E-state index contributed by atoms with van der Waals surface area (Å²) in [6.45, 7) is 2.62. The molecular formula is C22H26N4O2. The van der Waals surface area contributed by atoms with Crippen LogP contribution in [0, 0.1) is 0 Å². The van der Waals surface area contributed by atoms with Gasteiger partial charge in [-0.2, -0.15) is 5.10 Å². The zero-order valence-corrected chi connectivity index (χ0v) is 16.4. The summed E-state index contributed by atoms with van der Waals surface area (Å²) in [5, 5.41) is 11.7. The van der Waals surface area contributed by atoms with E-state index in [0.29, 0.717) is 12.5 Å².